The average Bonchev–Trinajstić information content (AvgIpc) is 2.53. The largest absolute Gasteiger partial charge is 0.296 e. The lowest BCUT2D eigenvalue weighted by molar-refractivity contribution is 0.325. The summed E-state index contributed by atoms with van der Waals surface area (Å²) in [4.78, 5) is 2.55. The summed E-state index contributed by atoms with van der Waals surface area (Å²) in [6.45, 7) is 13.2. The monoisotopic (exact) mass is 303 g/mol. The SMILES string of the molecule is C=CCCC/C=C/CN(C/C=C/CCCC=C)CCCCC. The van der Waals surface area contributed by atoms with E-state index in [1.54, 1.807) is 0 Å². The van der Waals surface area contributed by atoms with Gasteiger partial charge in [-0.3, -0.25) is 4.90 Å². The van der Waals surface area contributed by atoms with Crippen LogP contribution in [-0.2, 0) is 0 Å². The van der Waals surface area contributed by atoms with Crippen molar-refractivity contribution in [3.63, 3.8) is 0 Å². The van der Waals surface area contributed by atoms with Gasteiger partial charge < -0.3 is 0 Å². The van der Waals surface area contributed by atoms with Crippen molar-refractivity contribution in [3.8, 4) is 0 Å². The van der Waals surface area contributed by atoms with Gasteiger partial charge in [-0.05, 0) is 51.5 Å². The minimum Gasteiger partial charge on any atom is -0.296 e. The van der Waals surface area contributed by atoms with E-state index in [2.05, 4.69) is 49.3 Å². The van der Waals surface area contributed by atoms with E-state index >= 15 is 0 Å². The maximum absolute atomic E-state index is 3.76. The molecule has 1 nitrogen and oxygen atoms in total. The van der Waals surface area contributed by atoms with Crippen molar-refractivity contribution in [1.29, 1.82) is 0 Å². The van der Waals surface area contributed by atoms with E-state index in [4.69, 9.17) is 0 Å². The van der Waals surface area contributed by atoms with Gasteiger partial charge >= 0.3 is 0 Å². The Bertz CT molecular complexity index is 275. The number of unbranched alkanes of at least 4 members (excludes halogenated alkanes) is 6. The molecule has 0 aliphatic heterocycles. The van der Waals surface area contributed by atoms with E-state index in [0.29, 0.717) is 0 Å². The maximum Gasteiger partial charge on any atom is 0.0166 e. The molecule has 0 unspecified atom stereocenters. The smallest absolute Gasteiger partial charge is 0.0166 e. The highest BCUT2D eigenvalue weighted by Crippen LogP contribution is 2.02. The highest BCUT2D eigenvalue weighted by Gasteiger charge is 1.99. The molecule has 22 heavy (non-hydrogen) atoms. The third-order valence-electron chi connectivity index (χ3n) is 3.70. The van der Waals surface area contributed by atoms with E-state index in [9.17, 15) is 0 Å². The zero-order chi connectivity index (χ0) is 16.3. The number of rotatable bonds is 16. The lowest BCUT2D eigenvalue weighted by Crippen LogP contribution is -2.25. The van der Waals surface area contributed by atoms with Crippen LogP contribution in [0.4, 0.5) is 0 Å². The molecule has 0 N–H and O–H groups in total. The molecule has 0 saturated carbocycles. The minimum absolute atomic E-state index is 1.08. The standard InChI is InChI=1S/C21H37N/c1-4-7-10-12-14-17-20-22(19-16-9-6-3)21-18-15-13-11-8-5-2/h4-5,14-15,17-18H,1-2,6-13,16,19-21H2,3H3/b17-14+,18-15+. The van der Waals surface area contributed by atoms with Crippen molar-refractivity contribution >= 4 is 0 Å². The molecule has 0 aromatic rings. The Morgan fingerprint density at radius 1 is 0.682 bits per heavy atom. The summed E-state index contributed by atoms with van der Waals surface area (Å²) < 4.78 is 0. The van der Waals surface area contributed by atoms with Gasteiger partial charge in [0.2, 0.25) is 0 Å². The van der Waals surface area contributed by atoms with Crippen LogP contribution in [0.2, 0.25) is 0 Å². The number of allylic oxidation sites excluding steroid dienone is 4. The summed E-state index contributed by atoms with van der Waals surface area (Å²) in [5.74, 6) is 0. The van der Waals surface area contributed by atoms with Gasteiger partial charge in [-0.25, -0.2) is 0 Å². The summed E-state index contributed by atoms with van der Waals surface area (Å²) in [6, 6.07) is 0. The van der Waals surface area contributed by atoms with Crippen LogP contribution in [0, 0.1) is 0 Å². The first-order valence-electron chi connectivity index (χ1n) is 9.09. The van der Waals surface area contributed by atoms with Crippen LogP contribution < -0.4 is 0 Å². The highest BCUT2D eigenvalue weighted by molar-refractivity contribution is 4.90. The summed E-state index contributed by atoms with van der Waals surface area (Å²) >= 11 is 0. The second-order valence-electron chi connectivity index (χ2n) is 5.85. The molecular weight excluding hydrogens is 266 g/mol. The first-order valence-corrected chi connectivity index (χ1v) is 9.09. The molecule has 1 heteroatoms. The number of nitrogens with zero attached hydrogens (tertiary/aromatic N) is 1. The van der Waals surface area contributed by atoms with Crippen molar-refractivity contribution in [2.24, 2.45) is 0 Å². The van der Waals surface area contributed by atoms with Crippen molar-refractivity contribution in [2.45, 2.75) is 64.7 Å². The molecule has 0 amide bonds. The third kappa shape index (κ3) is 15.3. The zero-order valence-electron chi connectivity index (χ0n) is 14.8. The van der Waals surface area contributed by atoms with Gasteiger partial charge in [0.05, 0.1) is 0 Å². The fraction of sp³-hybridized carbons (Fsp3) is 0.619. The van der Waals surface area contributed by atoms with E-state index in [-0.39, 0.29) is 0 Å². The molecule has 126 valence electrons. The van der Waals surface area contributed by atoms with Gasteiger partial charge in [0, 0.05) is 13.1 Å². The minimum atomic E-state index is 1.08. The Labute approximate surface area is 139 Å². The second kappa shape index (κ2) is 18.0. The van der Waals surface area contributed by atoms with Crippen LogP contribution in [0.25, 0.3) is 0 Å². The predicted octanol–water partition coefficient (Wildman–Crippen LogP) is 6.30. The normalized spacial score (nSPS) is 11.7. The Balaban J connectivity index is 3.96. The van der Waals surface area contributed by atoms with Gasteiger partial charge in [0.25, 0.3) is 0 Å². The molecule has 0 heterocycles. The molecule has 0 radical (unpaired) electrons. The van der Waals surface area contributed by atoms with E-state index in [1.807, 2.05) is 12.2 Å². The van der Waals surface area contributed by atoms with Gasteiger partial charge in [0.15, 0.2) is 0 Å². The van der Waals surface area contributed by atoms with Crippen molar-refractivity contribution < 1.29 is 0 Å². The first kappa shape index (κ1) is 20.9. The lowest BCUT2D eigenvalue weighted by Gasteiger charge is -2.18. The van der Waals surface area contributed by atoms with E-state index in [1.165, 1.54) is 51.5 Å². The average molecular weight is 304 g/mol. The zero-order valence-corrected chi connectivity index (χ0v) is 14.8. The van der Waals surface area contributed by atoms with Gasteiger partial charge in [-0.2, -0.15) is 0 Å². The van der Waals surface area contributed by atoms with Crippen molar-refractivity contribution in [2.75, 3.05) is 19.6 Å². The molecule has 0 atom stereocenters. The quantitative estimate of drug-likeness (QED) is 0.239. The fourth-order valence-corrected chi connectivity index (χ4v) is 2.29. The number of hydrogen-bond donors (Lipinski definition) is 0. The van der Waals surface area contributed by atoms with Gasteiger partial charge in [0.1, 0.15) is 0 Å². The van der Waals surface area contributed by atoms with Gasteiger partial charge in [-0.15, -0.1) is 13.2 Å². The molecule has 0 aliphatic carbocycles. The third-order valence-corrected chi connectivity index (χ3v) is 3.70. The Morgan fingerprint density at radius 2 is 1.23 bits per heavy atom. The maximum atomic E-state index is 3.76. The van der Waals surface area contributed by atoms with Crippen LogP contribution in [-0.4, -0.2) is 24.5 Å². The summed E-state index contributed by atoms with van der Waals surface area (Å²) in [7, 11) is 0. The highest BCUT2D eigenvalue weighted by atomic mass is 15.1. The summed E-state index contributed by atoms with van der Waals surface area (Å²) in [5, 5.41) is 0. The van der Waals surface area contributed by atoms with Crippen LogP contribution in [0.1, 0.15) is 64.7 Å². The molecular formula is C21H37N. The molecule has 0 aromatic carbocycles. The second-order valence-corrected chi connectivity index (χ2v) is 5.85. The fourth-order valence-electron chi connectivity index (χ4n) is 2.29. The predicted molar refractivity (Wildman–Crippen MR) is 102 cm³/mol. The lowest BCUT2D eigenvalue weighted by atomic mass is 10.2. The first-order chi connectivity index (χ1) is 10.8. The van der Waals surface area contributed by atoms with Crippen LogP contribution in [0.15, 0.2) is 49.6 Å². The molecule has 0 spiro atoms. The van der Waals surface area contributed by atoms with Crippen LogP contribution in [0.3, 0.4) is 0 Å². The van der Waals surface area contributed by atoms with E-state index < -0.39 is 0 Å². The number of hydrogen-bond acceptors (Lipinski definition) is 1. The Hall–Kier alpha value is -1.08. The van der Waals surface area contributed by atoms with Crippen LogP contribution >= 0.6 is 0 Å². The molecule has 0 saturated heterocycles. The molecule has 0 aliphatic rings. The topological polar surface area (TPSA) is 3.24 Å². The summed E-state index contributed by atoms with van der Waals surface area (Å²) in [6.07, 6.45) is 24.3. The molecule has 0 fully saturated rings. The van der Waals surface area contributed by atoms with Crippen LogP contribution in [0.5, 0.6) is 0 Å². The van der Waals surface area contributed by atoms with Crippen molar-refractivity contribution in [3.05, 3.63) is 49.6 Å². The molecule has 0 rings (SSSR count). The van der Waals surface area contributed by atoms with Crippen molar-refractivity contribution in [1.82, 2.24) is 4.90 Å². The van der Waals surface area contributed by atoms with Gasteiger partial charge in [-0.1, -0.05) is 56.2 Å². The Morgan fingerprint density at radius 3 is 1.68 bits per heavy atom. The molecule has 0 aromatic heterocycles. The Kier molecular flexibility index (Phi) is 17.1. The molecule has 0 bridgehead atoms. The summed E-state index contributed by atoms with van der Waals surface area (Å²) in [5.41, 5.74) is 0. The van der Waals surface area contributed by atoms with E-state index in [0.717, 1.165) is 25.9 Å².